The summed E-state index contributed by atoms with van der Waals surface area (Å²) in [6, 6.07) is 2.49. The standard InChI is InChI=1S/C12H20FN3/c1-9(2)15-6-10(3)16-7-11-4-5-14-8-12(11)13/h4-5,8-10,15-16H,6-7H2,1-3H3. The fourth-order valence-corrected chi connectivity index (χ4v) is 1.32. The zero-order chi connectivity index (χ0) is 12.0. The van der Waals surface area contributed by atoms with Gasteiger partial charge in [0, 0.05) is 36.9 Å². The zero-order valence-corrected chi connectivity index (χ0v) is 10.1. The highest BCUT2D eigenvalue weighted by Gasteiger charge is 2.05. The molecule has 1 heterocycles. The van der Waals surface area contributed by atoms with Crippen molar-refractivity contribution in [2.45, 2.75) is 39.4 Å². The molecule has 0 radical (unpaired) electrons. The van der Waals surface area contributed by atoms with Gasteiger partial charge in [-0.05, 0) is 13.0 Å². The van der Waals surface area contributed by atoms with Gasteiger partial charge in [0.05, 0.1) is 6.20 Å². The quantitative estimate of drug-likeness (QED) is 0.773. The Morgan fingerprint density at radius 2 is 2.06 bits per heavy atom. The first-order valence-corrected chi connectivity index (χ1v) is 5.64. The number of rotatable bonds is 6. The SMILES string of the molecule is CC(C)NCC(C)NCc1ccncc1F. The van der Waals surface area contributed by atoms with Gasteiger partial charge < -0.3 is 10.6 Å². The largest absolute Gasteiger partial charge is 0.313 e. The molecule has 0 fully saturated rings. The third-order valence-electron chi connectivity index (χ3n) is 2.33. The summed E-state index contributed by atoms with van der Waals surface area (Å²) in [6.45, 7) is 7.71. The summed E-state index contributed by atoms with van der Waals surface area (Å²) in [5.74, 6) is -0.251. The van der Waals surface area contributed by atoms with E-state index in [4.69, 9.17) is 0 Å². The Balaban J connectivity index is 2.31. The minimum atomic E-state index is -0.251. The van der Waals surface area contributed by atoms with E-state index >= 15 is 0 Å². The van der Waals surface area contributed by atoms with E-state index in [9.17, 15) is 4.39 Å². The van der Waals surface area contributed by atoms with Crippen molar-refractivity contribution in [3.8, 4) is 0 Å². The van der Waals surface area contributed by atoms with Crippen molar-refractivity contribution < 1.29 is 4.39 Å². The molecule has 3 nitrogen and oxygen atoms in total. The van der Waals surface area contributed by atoms with Crippen LogP contribution in [-0.2, 0) is 6.54 Å². The number of hydrogen-bond donors (Lipinski definition) is 2. The van der Waals surface area contributed by atoms with Crippen molar-refractivity contribution in [1.29, 1.82) is 0 Å². The summed E-state index contributed by atoms with van der Waals surface area (Å²) < 4.78 is 13.2. The van der Waals surface area contributed by atoms with Crippen LogP contribution in [0, 0.1) is 5.82 Å². The maximum Gasteiger partial charge on any atom is 0.145 e. The molecule has 2 N–H and O–H groups in total. The number of hydrogen-bond acceptors (Lipinski definition) is 3. The van der Waals surface area contributed by atoms with Crippen molar-refractivity contribution in [2.24, 2.45) is 0 Å². The van der Waals surface area contributed by atoms with Gasteiger partial charge in [-0.25, -0.2) is 4.39 Å². The normalized spacial score (nSPS) is 13.1. The average Bonchev–Trinajstić information content (AvgIpc) is 2.25. The van der Waals surface area contributed by atoms with Crippen LogP contribution >= 0.6 is 0 Å². The van der Waals surface area contributed by atoms with E-state index in [0.29, 0.717) is 24.2 Å². The van der Waals surface area contributed by atoms with Gasteiger partial charge in [0.2, 0.25) is 0 Å². The van der Waals surface area contributed by atoms with E-state index < -0.39 is 0 Å². The van der Waals surface area contributed by atoms with Crippen molar-refractivity contribution >= 4 is 0 Å². The molecule has 1 aromatic rings. The molecule has 0 spiro atoms. The Kier molecular flexibility index (Phi) is 5.35. The molecule has 0 saturated carbocycles. The van der Waals surface area contributed by atoms with Gasteiger partial charge in [0.15, 0.2) is 0 Å². The molecule has 0 bridgehead atoms. The molecule has 1 unspecified atom stereocenters. The van der Waals surface area contributed by atoms with Crippen molar-refractivity contribution in [3.05, 3.63) is 29.8 Å². The molecule has 1 rings (SSSR count). The number of halogens is 1. The molecule has 16 heavy (non-hydrogen) atoms. The van der Waals surface area contributed by atoms with Crippen LogP contribution in [0.15, 0.2) is 18.5 Å². The van der Waals surface area contributed by atoms with E-state index in [0.717, 1.165) is 6.54 Å². The molecule has 0 aliphatic rings. The first-order valence-electron chi connectivity index (χ1n) is 5.64. The summed E-state index contributed by atoms with van der Waals surface area (Å²) in [5, 5.41) is 6.59. The number of nitrogens with zero attached hydrogens (tertiary/aromatic N) is 1. The van der Waals surface area contributed by atoms with Gasteiger partial charge in [-0.2, -0.15) is 0 Å². The lowest BCUT2D eigenvalue weighted by Gasteiger charge is -2.16. The Morgan fingerprint density at radius 1 is 1.31 bits per heavy atom. The number of pyridine rings is 1. The van der Waals surface area contributed by atoms with Crippen LogP contribution in [0.5, 0.6) is 0 Å². The zero-order valence-electron chi connectivity index (χ0n) is 10.1. The molecule has 1 atom stereocenters. The van der Waals surface area contributed by atoms with E-state index in [1.807, 2.05) is 0 Å². The highest BCUT2D eigenvalue weighted by Crippen LogP contribution is 2.03. The van der Waals surface area contributed by atoms with Crippen LogP contribution in [0.4, 0.5) is 4.39 Å². The summed E-state index contributed by atoms with van der Waals surface area (Å²) >= 11 is 0. The van der Waals surface area contributed by atoms with E-state index in [-0.39, 0.29) is 5.82 Å². The van der Waals surface area contributed by atoms with Crippen molar-refractivity contribution in [1.82, 2.24) is 15.6 Å². The molecule has 0 aliphatic heterocycles. The minimum absolute atomic E-state index is 0.251. The fourth-order valence-electron chi connectivity index (χ4n) is 1.32. The van der Waals surface area contributed by atoms with E-state index in [1.54, 1.807) is 12.3 Å². The lowest BCUT2D eigenvalue weighted by Crippen LogP contribution is -2.38. The summed E-state index contributed by atoms with van der Waals surface area (Å²) in [6.07, 6.45) is 2.85. The molecule has 1 aromatic heterocycles. The van der Waals surface area contributed by atoms with Crippen LogP contribution < -0.4 is 10.6 Å². The smallest absolute Gasteiger partial charge is 0.145 e. The molecule has 4 heteroatoms. The molecular weight excluding hydrogens is 205 g/mol. The predicted octanol–water partition coefficient (Wildman–Crippen LogP) is 1.70. The third kappa shape index (κ3) is 4.68. The molecular formula is C12H20FN3. The van der Waals surface area contributed by atoms with Gasteiger partial charge in [0.25, 0.3) is 0 Å². The Labute approximate surface area is 96.5 Å². The molecule has 0 amide bonds. The van der Waals surface area contributed by atoms with Gasteiger partial charge in [-0.15, -0.1) is 0 Å². The van der Waals surface area contributed by atoms with Crippen molar-refractivity contribution in [2.75, 3.05) is 6.54 Å². The maximum absolute atomic E-state index is 13.2. The van der Waals surface area contributed by atoms with E-state index in [2.05, 4.69) is 36.4 Å². The summed E-state index contributed by atoms with van der Waals surface area (Å²) in [4.78, 5) is 3.72. The second-order valence-electron chi connectivity index (χ2n) is 4.31. The number of nitrogens with one attached hydrogen (secondary N) is 2. The highest BCUT2D eigenvalue weighted by molar-refractivity contribution is 5.12. The summed E-state index contributed by atoms with van der Waals surface area (Å²) in [7, 11) is 0. The molecule has 0 aromatic carbocycles. The second-order valence-corrected chi connectivity index (χ2v) is 4.31. The average molecular weight is 225 g/mol. The van der Waals surface area contributed by atoms with Crippen molar-refractivity contribution in [3.63, 3.8) is 0 Å². The third-order valence-corrected chi connectivity index (χ3v) is 2.33. The van der Waals surface area contributed by atoms with Crippen LogP contribution in [0.3, 0.4) is 0 Å². The van der Waals surface area contributed by atoms with Gasteiger partial charge in [-0.1, -0.05) is 13.8 Å². The highest BCUT2D eigenvalue weighted by atomic mass is 19.1. The Morgan fingerprint density at radius 3 is 2.69 bits per heavy atom. The second kappa shape index (κ2) is 6.55. The first-order chi connectivity index (χ1) is 7.59. The van der Waals surface area contributed by atoms with E-state index in [1.165, 1.54) is 6.20 Å². The monoisotopic (exact) mass is 225 g/mol. The number of aromatic nitrogens is 1. The first kappa shape index (κ1) is 13.1. The molecule has 90 valence electrons. The van der Waals surface area contributed by atoms with Gasteiger partial charge in [-0.3, -0.25) is 4.98 Å². The lowest BCUT2D eigenvalue weighted by molar-refractivity contribution is 0.467. The Hall–Kier alpha value is -1.00. The summed E-state index contributed by atoms with van der Waals surface area (Å²) in [5.41, 5.74) is 0.659. The van der Waals surface area contributed by atoms with Gasteiger partial charge >= 0.3 is 0 Å². The van der Waals surface area contributed by atoms with Crippen LogP contribution in [0.25, 0.3) is 0 Å². The van der Waals surface area contributed by atoms with Crippen LogP contribution in [0.1, 0.15) is 26.3 Å². The molecule has 0 saturated heterocycles. The maximum atomic E-state index is 13.2. The Bertz CT molecular complexity index is 315. The minimum Gasteiger partial charge on any atom is -0.313 e. The topological polar surface area (TPSA) is 37.0 Å². The van der Waals surface area contributed by atoms with Crippen LogP contribution in [-0.4, -0.2) is 23.6 Å². The predicted molar refractivity (Wildman–Crippen MR) is 63.6 cm³/mol. The molecule has 0 aliphatic carbocycles. The fraction of sp³-hybridized carbons (Fsp3) is 0.583. The van der Waals surface area contributed by atoms with Gasteiger partial charge in [0.1, 0.15) is 5.82 Å². The van der Waals surface area contributed by atoms with Crippen LogP contribution in [0.2, 0.25) is 0 Å². The lowest BCUT2D eigenvalue weighted by atomic mass is 10.2.